The summed E-state index contributed by atoms with van der Waals surface area (Å²) < 4.78 is 5.06. The second-order valence-corrected chi connectivity index (χ2v) is 5.23. The second-order valence-electron chi connectivity index (χ2n) is 5.23. The van der Waals surface area contributed by atoms with Crippen molar-refractivity contribution in [1.29, 1.82) is 0 Å². The van der Waals surface area contributed by atoms with Gasteiger partial charge in [0.25, 0.3) is 0 Å². The molecule has 1 unspecified atom stereocenters. The van der Waals surface area contributed by atoms with Crippen LogP contribution < -0.4 is 0 Å². The van der Waals surface area contributed by atoms with Crippen LogP contribution in [0.3, 0.4) is 0 Å². The third-order valence-electron chi connectivity index (χ3n) is 3.41. The van der Waals surface area contributed by atoms with Crippen LogP contribution in [0.25, 0.3) is 0 Å². The standard InChI is InChI=1S/C17H22O4/c1-5-21-16(20)17(15(18)19,11-10-12(2)3)14-9-7-6-8-13(14)4/h6-10H,5,11H2,1-4H3,(H,18,19). The summed E-state index contributed by atoms with van der Waals surface area (Å²) in [7, 11) is 0. The molecule has 0 aliphatic rings. The Morgan fingerprint density at radius 1 is 1.29 bits per heavy atom. The molecule has 1 rings (SSSR count). The zero-order valence-corrected chi connectivity index (χ0v) is 13.0. The highest BCUT2D eigenvalue weighted by molar-refractivity contribution is 6.06. The van der Waals surface area contributed by atoms with E-state index in [4.69, 9.17) is 4.74 Å². The minimum Gasteiger partial charge on any atom is -0.480 e. The molecule has 1 atom stereocenters. The van der Waals surface area contributed by atoms with Gasteiger partial charge in [-0.15, -0.1) is 0 Å². The first-order chi connectivity index (χ1) is 9.86. The van der Waals surface area contributed by atoms with Crippen molar-refractivity contribution >= 4 is 11.9 Å². The lowest BCUT2D eigenvalue weighted by molar-refractivity contribution is -0.161. The van der Waals surface area contributed by atoms with Crippen molar-refractivity contribution in [1.82, 2.24) is 0 Å². The lowest BCUT2D eigenvalue weighted by Crippen LogP contribution is -2.45. The second kappa shape index (κ2) is 7.07. The molecule has 0 radical (unpaired) electrons. The summed E-state index contributed by atoms with van der Waals surface area (Å²) in [6, 6.07) is 7.03. The van der Waals surface area contributed by atoms with Crippen molar-refractivity contribution < 1.29 is 19.4 Å². The van der Waals surface area contributed by atoms with Gasteiger partial charge in [-0.1, -0.05) is 35.9 Å². The fourth-order valence-electron chi connectivity index (χ4n) is 2.26. The summed E-state index contributed by atoms with van der Waals surface area (Å²) in [5.41, 5.74) is 0.501. The molecule has 0 saturated carbocycles. The molecule has 0 aliphatic heterocycles. The minimum atomic E-state index is -1.70. The van der Waals surface area contributed by atoms with Crippen LogP contribution in [0.4, 0.5) is 0 Å². The number of benzene rings is 1. The largest absolute Gasteiger partial charge is 0.480 e. The molecule has 0 heterocycles. The predicted octanol–water partition coefficient (Wildman–Crippen LogP) is 3.24. The number of aliphatic carboxylic acids is 1. The molecule has 1 N–H and O–H groups in total. The number of ether oxygens (including phenoxy) is 1. The van der Waals surface area contributed by atoms with Crippen molar-refractivity contribution in [2.24, 2.45) is 0 Å². The smallest absolute Gasteiger partial charge is 0.328 e. The molecule has 0 bridgehead atoms. The molecule has 0 spiro atoms. The zero-order chi connectivity index (χ0) is 16.0. The van der Waals surface area contributed by atoms with E-state index in [1.54, 1.807) is 38.1 Å². The van der Waals surface area contributed by atoms with E-state index in [-0.39, 0.29) is 13.0 Å². The van der Waals surface area contributed by atoms with Crippen molar-refractivity contribution in [2.75, 3.05) is 6.61 Å². The molecule has 1 aromatic rings. The van der Waals surface area contributed by atoms with E-state index in [9.17, 15) is 14.7 Å². The zero-order valence-electron chi connectivity index (χ0n) is 13.0. The van der Waals surface area contributed by atoms with Crippen molar-refractivity contribution in [2.45, 2.75) is 39.5 Å². The van der Waals surface area contributed by atoms with Crippen LogP contribution in [0.15, 0.2) is 35.9 Å². The van der Waals surface area contributed by atoms with Gasteiger partial charge in [0.05, 0.1) is 6.61 Å². The van der Waals surface area contributed by atoms with Gasteiger partial charge in [0.1, 0.15) is 0 Å². The summed E-state index contributed by atoms with van der Waals surface area (Å²) in [5, 5.41) is 9.78. The van der Waals surface area contributed by atoms with Gasteiger partial charge in [-0.05, 0) is 45.2 Å². The normalized spacial score (nSPS) is 13.1. The number of allylic oxidation sites excluding steroid dienone is 2. The fourth-order valence-corrected chi connectivity index (χ4v) is 2.26. The van der Waals surface area contributed by atoms with Crippen LogP contribution in [0.1, 0.15) is 38.3 Å². The number of esters is 1. The van der Waals surface area contributed by atoms with Crippen molar-refractivity contribution in [3.8, 4) is 0 Å². The van der Waals surface area contributed by atoms with Gasteiger partial charge >= 0.3 is 11.9 Å². The van der Waals surface area contributed by atoms with Gasteiger partial charge in [0.15, 0.2) is 5.41 Å². The highest BCUT2D eigenvalue weighted by Crippen LogP contribution is 2.33. The van der Waals surface area contributed by atoms with Gasteiger partial charge in [0, 0.05) is 0 Å². The van der Waals surface area contributed by atoms with E-state index in [0.29, 0.717) is 5.56 Å². The van der Waals surface area contributed by atoms with E-state index in [2.05, 4.69) is 0 Å². The van der Waals surface area contributed by atoms with Crippen LogP contribution in [-0.2, 0) is 19.7 Å². The van der Waals surface area contributed by atoms with E-state index in [1.807, 2.05) is 19.9 Å². The quantitative estimate of drug-likeness (QED) is 0.496. The maximum absolute atomic E-state index is 12.4. The molecule has 0 aromatic heterocycles. The number of hydrogen-bond acceptors (Lipinski definition) is 3. The average Bonchev–Trinajstić information content (AvgIpc) is 2.41. The van der Waals surface area contributed by atoms with Crippen molar-refractivity contribution in [3.63, 3.8) is 0 Å². The number of carboxylic acid groups (broad SMARTS) is 1. The fraction of sp³-hybridized carbons (Fsp3) is 0.412. The molecular weight excluding hydrogens is 268 g/mol. The highest BCUT2D eigenvalue weighted by Gasteiger charge is 2.49. The van der Waals surface area contributed by atoms with Gasteiger partial charge < -0.3 is 9.84 Å². The molecule has 1 aromatic carbocycles. The van der Waals surface area contributed by atoms with E-state index in [1.165, 1.54) is 0 Å². The number of hydrogen-bond donors (Lipinski definition) is 1. The number of carbonyl (C=O) groups is 2. The summed E-state index contributed by atoms with van der Waals surface area (Å²) in [4.78, 5) is 24.4. The maximum atomic E-state index is 12.4. The maximum Gasteiger partial charge on any atom is 0.328 e. The van der Waals surface area contributed by atoms with Crippen LogP contribution in [-0.4, -0.2) is 23.7 Å². The Bertz CT molecular complexity index is 556. The van der Waals surface area contributed by atoms with Gasteiger partial charge in [-0.3, -0.25) is 9.59 Å². The predicted molar refractivity (Wildman–Crippen MR) is 81.2 cm³/mol. The van der Waals surface area contributed by atoms with Crippen LogP contribution in [0.5, 0.6) is 0 Å². The first kappa shape index (κ1) is 17.0. The van der Waals surface area contributed by atoms with E-state index >= 15 is 0 Å². The summed E-state index contributed by atoms with van der Waals surface area (Å²) in [6.45, 7) is 7.36. The Balaban J connectivity index is 3.51. The molecule has 0 amide bonds. The highest BCUT2D eigenvalue weighted by atomic mass is 16.5. The summed E-state index contributed by atoms with van der Waals surface area (Å²) in [6.07, 6.45) is 1.84. The Kier molecular flexibility index (Phi) is 5.70. The molecule has 114 valence electrons. The van der Waals surface area contributed by atoms with Gasteiger partial charge in [-0.2, -0.15) is 0 Å². The lowest BCUT2D eigenvalue weighted by atomic mass is 9.75. The van der Waals surface area contributed by atoms with Crippen molar-refractivity contribution in [3.05, 3.63) is 47.0 Å². The Morgan fingerprint density at radius 2 is 1.90 bits per heavy atom. The molecule has 0 aliphatic carbocycles. The number of rotatable bonds is 6. The first-order valence-electron chi connectivity index (χ1n) is 6.96. The molecule has 0 fully saturated rings. The van der Waals surface area contributed by atoms with Crippen LogP contribution in [0.2, 0.25) is 0 Å². The van der Waals surface area contributed by atoms with Gasteiger partial charge in [-0.25, -0.2) is 0 Å². The number of carbonyl (C=O) groups excluding carboxylic acids is 1. The molecule has 0 saturated heterocycles. The van der Waals surface area contributed by atoms with Crippen LogP contribution >= 0.6 is 0 Å². The van der Waals surface area contributed by atoms with Gasteiger partial charge in [0.2, 0.25) is 0 Å². The van der Waals surface area contributed by atoms with Crippen LogP contribution in [0, 0.1) is 6.92 Å². The summed E-state index contributed by atoms with van der Waals surface area (Å²) >= 11 is 0. The monoisotopic (exact) mass is 290 g/mol. The molecular formula is C17H22O4. The Labute approximate surface area is 125 Å². The molecule has 21 heavy (non-hydrogen) atoms. The third kappa shape index (κ3) is 3.51. The Hall–Kier alpha value is -2.10. The van der Waals surface area contributed by atoms with E-state index < -0.39 is 17.4 Å². The van der Waals surface area contributed by atoms with E-state index in [0.717, 1.165) is 11.1 Å². The molecule has 4 nitrogen and oxygen atoms in total. The summed E-state index contributed by atoms with van der Waals surface area (Å²) in [5.74, 6) is -1.91. The number of carboxylic acids is 1. The number of aryl methyl sites for hydroxylation is 1. The Morgan fingerprint density at radius 3 is 2.38 bits per heavy atom. The topological polar surface area (TPSA) is 63.6 Å². The average molecular weight is 290 g/mol. The molecule has 4 heteroatoms. The lowest BCUT2D eigenvalue weighted by Gasteiger charge is -2.28. The minimum absolute atomic E-state index is 0.0777. The first-order valence-corrected chi connectivity index (χ1v) is 6.96. The third-order valence-corrected chi connectivity index (χ3v) is 3.41. The SMILES string of the molecule is CCOC(=O)C(CC=C(C)C)(C(=O)O)c1ccccc1C.